The number of benzene rings is 1. The number of hydrogen-bond acceptors (Lipinski definition) is 3. The van der Waals surface area contributed by atoms with Crippen LogP contribution in [0.2, 0.25) is 0 Å². The summed E-state index contributed by atoms with van der Waals surface area (Å²) in [4.78, 5) is 12.9. The second-order valence-electron chi connectivity index (χ2n) is 3.98. The summed E-state index contributed by atoms with van der Waals surface area (Å²) in [6.45, 7) is 2.14. The molecule has 0 amide bonds. The molecule has 0 saturated heterocycles. The van der Waals surface area contributed by atoms with Crippen LogP contribution in [0.15, 0.2) is 30.3 Å². The number of nitrogen functional groups attached to an aromatic ring is 1. The maximum Gasteiger partial charge on any atom is 0.160 e. The largest absolute Gasteiger partial charge is 0.399 e. The molecule has 0 saturated carbocycles. The van der Waals surface area contributed by atoms with E-state index < -0.39 is 0 Å². The van der Waals surface area contributed by atoms with E-state index in [-0.39, 0.29) is 0 Å². The van der Waals surface area contributed by atoms with Crippen LogP contribution in [0.4, 0.5) is 5.69 Å². The van der Waals surface area contributed by atoms with Crippen LogP contribution in [-0.4, -0.2) is 6.29 Å². The van der Waals surface area contributed by atoms with Gasteiger partial charge in [0.15, 0.2) is 6.29 Å². The standard InChI is InChI=1S/C14H15NOS/c1-2-4-14-13(8-12(9-16)17-14)10-5-3-6-11(15)7-10/h3,5-9H,2,4,15H2,1H3. The molecule has 17 heavy (non-hydrogen) atoms. The molecule has 88 valence electrons. The molecule has 0 fully saturated rings. The van der Waals surface area contributed by atoms with E-state index in [4.69, 9.17) is 5.73 Å². The zero-order chi connectivity index (χ0) is 12.3. The highest BCUT2D eigenvalue weighted by atomic mass is 32.1. The Hall–Kier alpha value is -1.61. The molecule has 0 bridgehead atoms. The Bertz CT molecular complexity index is 531. The summed E-state index contributed by atoms with van der Waals surface area (Å²) in [5.74, 6) is 0. The van der Waals surface area contributed by atoms with Gasteiger partial charge < -0.3 is 5.73 Å². The third-order valence-electron chi connectivity index (χ3n) is 2.62. The number of aldehydes is 1. The quantitative estimate of drug-likeness (QED) is 0.658. The number of aryl methyl sites for hydroxylation is 1. The van der Waals surface area contributed by atoms with Crippen molar-refractivity contribution in [2.75, 3.05) is 5.73 Å². The topological polar surface area (TPSA) is 43.1 Å². The van der Waals surface area contributed by atoms with Crippen molar-refractivity contribution in [1.29, 1.82) is 0 Å². The van der Waals surface area contributed by atoms with E-state index in [0.29, 0.717) is 0 Å². The first-order valence-electron chi connectivity index (χ1n) is 5.68. The van der Waals surface area contributed by atoms with Crippen molar-refractivity contribution in [1.82, 2.24) is 0 Å². The molecule has 0 spiro atoms. The van der Waals surface area contributed by atoms with Gasteiger partial charge >= 0.3 is 0 Å². The maximum absolute atomic E-state index is 10.9. The molecule has 1 aromatic carbocycles. The zero-order valence-corrected chi connectivity index (χ0v) is 10.6. The van der Waals surface area contributed by atoms with Crippen molar-refractivity contribution in [3.63, 3.8) is 0 Å². The van der Waals surface area contributed by atoms with Crippen LogP contribution in [0, 0.1) is 0 Å². The normalized spacial score (nSPS) is 10.4. The highest BCUT2D eigenvalue weighted by Crippen LogP contribution is 2.32. The third kappa shape index (κ3) is 2.56. The van der Waals surface area contributed by atoms with Crippen molar-refractivity contribution in [2.45, 2.75) is 19.8 Å². The highest BCUT2D eigenvalue weighted by molar-refractivity contribution is 7.14. The third-order valence-corrected chi connectivity index (χ3v) is 3.74. The van der Waals surface area contributed by atoms with Crippen molar-refractivity contribution in [3.8, 4) is 11.1 Å². The molecular formula is C14H15NOS. The average Bonchev–Trinajstić information content (AvgIpc) is 2.73. The van der Waals surface area contributed by atoms with Gasteiger partial charge in [0.1, 0.15) is 0 Å². The lowest BCUT2D eigenvalue weighted by molar-refractivity contribution is 0.112. The van der Waals surface area contributed by atoms with E-state index in [2.05, 4.69) is 6.92 Å². The van der Waals surface area contributed by atoms with E-state index in [0.717, 1.165) is 40.8 Å². The molecule has 1 aromatic heterocycles. The average molecular weight is 245 g/mol. The number of hydrogen-bond donors (Lipinski definition) is 1. The zero-order valence-electron chi connectivity index (χ0n) is 9.77. The summed E-state index contributed by atoms with van der Waals surface area (Å²) in [6.07, 6.45) is 3.00. The minimum Gasteiger partial charge on any atom is -0.399 e. The lowest BCUT2D eigenvalue weighted by Crippen LogP contribution is -1.86. The summed E-state index contributed by atoms with van der Waals surface area (Å²) in [7, 11) is 0. The maximum atomic E-state index is 10.9. The van der Waals surface area contributed by atoms with Gasteiger partial charge in [-0.05, 0) is 35.7 Å². The summed E-state index contributed by atoms with van der Waals surface area (Å²) >= 11 is 1.58. The van der Waals surface area contributed by atoms with Gasteiger partial charge in [0.2, 0.25) is 0 Å². The lowest BCUT2D eigenvalue weighted by atomic mass is 10.0. The first kappa shape index (κ1) is 11.9. The number of thiophene rings is 1. The Balaban J connectivity index is 2.49. The fraction of sp³-hybridized carbons (Fsp3) is 0.214. The van der Waals surface area contributed by atoms with Crippen molar-refractivity contribution < 1.29 is 4.79 Å². The molecule has 0 unspecified atom stereocenters. The highest BCUT2D eigenvalue weighted by Gasteiger charge is 2.10. The monoisotopic (exact) mass is 245 g/mol. The molecule has 2 N–H and O–H groups in total. The Morgan fingerprint density at radius 2 is 2.18 bits per heavy atom. The van der Waals surface area contributed by atoms with E-state index in [1.807, 2.05) is 30.3 Å². The summed E-state index contributed by atoms with van der Waals surface area (Å²) in [5.41, 5.74) is 8.79. The molecule has 3 heteroatoms. The van der Waals surface area contributed by atoms with Gasteiger partial charge in [-0.15, -0.1) is 11.3 Å². The van der Waals surface area contributed by atoms with Gasteiger partial charge in [-0.2, -0.15) is 0 Å². The molecule has 1 heterocycles. The van der Waals surface area contributed by atoms with E-state index >= 15 is 0 Å². The number of rotatable bonds is 4. The molecule has 2 nitrogen and oxygen atoms in total. The fourth-order valence-electron chi connectivity index (χ4n) is 1.87. The van der Waals surface area contributed by atoms with Crippen LogP contribution >= 0.6 is 11.3 Å². The molecule has 0 aliphatic carbocycles. The van der Waals surface area contributed by atoms with E-state index in [1.165, 1.54) is 4.88 Å². The Labute approximate surface area is 105 Å². The molecule has 2 rings (SSSR count). The second-order valence-corrected chi connectivity index (χ2v) is 5.15. The first-order chi connectivity index (χ1) is 8.24. The van der Waals surface area contributed by atoms with Gasteiger partial charge in [-0.3, -0.25) is 4.79 Å². The van der Waals surface area contributed by atoms with Crippen LogP contribution in [0.5, 0.6) is 0 Å². The number of carbonyl (C=O) groups excluding carboxylic acids is 1. The molecule has 0 aliphatic rings. The SMILES string of the molecule is CCCc1sc(C=O)cc1-c1cccc(N)c1. The van der Waals surface area contributed by atoms with Gasteiger partial charge in [-0.25, -0.2) is 0 Å². The molecule has 0 atom stereocenters. The van der Waals surface area contributed by atoms with Crippen LogP contribution < -0.4 is 5.73 Å². The predicted octanol–water partition coefficient (Wildman–Crippen LogP) is 3.76. The number of anilines is 1. The minimum absolute atomic E-state index is 0.754. The number of nitrogens with two attached hydrogens (primary N) is 1. The van der Waals surface area contributed by atoms with Gasteiger partial charge in [0, 0.05) is 10.6 Å². The van der Waals surface area contributed by atoms with Crippen LogP contribution in [0.25, 0.3) is 11.1 Å². The molecule has 2 aromatic rings. The summed E-state index contributed by atoms with van der Waals surface area (Å²) < 4.78 is 0. The Morgan fingerprint density at radius 3 is 2.82 bits per heavy atom. The predicted molar refractivity (Wildman–Crippen MR) is 73.5 cm³/mol. The lowest BCUT2D eigenvalue weighted by Gasteiger charge is -2.03. The van der Waals surface area contributed by atoms with Crippen LogP contribution in [0.3, 0.4) is 0 Å². The first-order valence-corrected chi connectivity index (χ1v) is 6.50. The van der Waals surface area contributed by atoms with Crippen molar-refractivity contribution in [2.24, 2.45) is 0 Å². The molecular weight excluding hydrogens is 230 g/mol. The van der Waals surface area contributed by atoms with Crippen LogP contribution in [0.1, 0.15) is 27.9 Å². The Kier molecular flexibility index (Phi) is 3.59. The summed E-state index contributed by atoms with van der Waals surface area (Å²) in [5, 5.41) is 0. The minimum atomic E-state index is 0.754. The van der Waals surface area contributed by atoms with E-state index in [9.17, 15) is 4.79 Å². The van der Waals surface area contributed by atoms with Gasteiger partial charge in [0.25, 0.3) is 0 Å². The molecule has 0 radical (unpaired) electrons. The van der Waals surface area contributed by atoms with Crippen molar-refractivity contribution >= 4 is 23.3 Å². The van der Waals surface area contributed by atoms with Crippen LogP contribution in [-0.2, 0) is 6.42 Å². The Morgan fingerprint density at radius 1 is 1.35 bits per heavy atom. The second kappa shape index (κ2) is 5.15. The smallest absolute Gasteiger partial charge is 0.160 e. The summed E-state index contributed by atoms with van der Waals surface area (Å²) in [6, 6.07) is 9.76. The fourth-order valence-corrected chi connectivity index (χ4v) is 2.97. The van der Waals surface area contributed by atoms with E-state index in [1.54, 1.807) is 11.3 Å². The molecule has 0 aliphatic heterocycles. The van der Waals surface area contributed by atoms with Gasteiger partial charge in [-0.1, -0.05) is 25.5 Å². The van der Waals surface area contributed by atoms with Crippen molar-refractivity contribution in [3.05, 3.63) is 40.1 Å². The van der Waals surface area contributed by atoms with Gasteiger partial charge in [0.05, 0.1) is 4.88 Å². The number of carbonyl (C=O) groups is 1.